The third-order valence-electron chi connectivity index (χ3n) is 2.63. The summed E-state index contributed by atoms with van der Waals surface area (Å²) in [6.07, 6.45) is 2.43. The Hall–Kier alpha value is -1.87. The lowest BCUT2D eigenvalue weighted by molar-refractivity contribution is 0.597. The van der Waals surface area contributed by atoms with E-state index in [1.807, 2.05) is 0 Å². The number of nitrogens with zero attached hydrogens (tertiary/aromatic N) is 1. The van der Waals surface area contributed by atoms with Gasteiger partial charge in [0.1, 0.15) is 4.90 Å². The van der Waals surface area contributed by atoms with E-state index in [1.54, 1.807) is 6.92 Å². The monoisotopic (exact) mass is 315 g/mol. The molecule has 0 amide bonds. The van der Waals surface area contributed by atoms with Crippen LogP contribution in [0.4, 0.5) is 5.69 Å². The Morgan fingerprint density at radius 3 is 2.25 bits per heavy atom. The predicted octanol–water partition coefficient (Wildman–Crippen LogP) is 1.00. The van der Waals surface area contributed by atoms with E-state index in [0.717, 1.165) is 0 Å². The highest BCUT2D eigenvalue weighted by Gasteiger charge is 2.16. The first-order valence-corrected chi connectivity index (χ1v) is 8.83. The Kier molecular flexibility index (Phi) is 3.82. The zero-order valence-corrected chi connectivity index (χ0v) is 12.2. The summed E-state index contributed by atoms with van der Waals surface area (Å²) in [5.41, 5.74) is 0.279. The smallest absolute Gasteiger partial charge is 0.265 e. The molecule has 7 nitrogen and oxygen atoms in total. The molecule has 0 radical (unpaired) electrons. The van der Waals surface area contributed by atoms with Gasteiger partial charge in [-0.3, -0.25) is 9.82 Å². The van der Waals surface area contributed by atoms with Crippen molar-refractivity contribution in [2.45, 2.75) is 16.7 Å². The molecule has 0 saturated heterocycles. The summed E-state index contributed by atoms with van der Waals surface area (Å²) in [6.45, 7) is 1.55. The van der Waals surface area contributed by atoms with E-state index in [9.17, 15) is 16.8 Å². The largest absolute Gasteiger partial charge is 0.284 e. The normalized spacial score (nSPS) is 12.2. The lowest BCUT2D eigenvalue weighted by atomic mass is 10.3. The SMILES string of the molecule is CCS(=O)(=O)c1ccc(NS(=O)(=O)c2cn[nH]c2)cc1. The fourth-order valence-corrected chi connectivity index (χ4v) is 3.34. The molecule has 0 bridgehead atoms. The molecule has 0 unspecified atom stereocenters. The van der Waals surface area contributed by atoms with Crippen molar-refractivity contribution in [3.05, 3.63) is 36.7 Å². The number of aromatic nitrogens is 2. The second-order valence-corrected chi connectivity index (χ2v) is 7.93. The first-order chi connectivity index (χ1) is 9.35. The van der Waals surface area contributed by atoms with Gasteiger partial charge in [0, 0.05) is 11.9 Å². The van der Waals surface area contributed by atoms with Crippen LogP contribution in [0.1, 0.15) is 6.92 Å². The number of benzene rings is 1. The molecule has 2 aromatic rings. The van der Waals surface area contributed by atoms with Crippen LogP contribution in [0.2, 0.25) is 0 Å². The van der Waals surface area contributed by atoms with Gasteiger partial charge in [-0.05, 0) is 24.3 Å². The second-order valence-electron chi connectivity index (χ2n) is 3.97. The van der Waals surface area contributed by atoms with E-state index < -0.39 is 19.9 Å². The van der Waals surface area contributed by atoms with Crippen LogP contribution < -0.4 is 4.72 Å². The average Bonchev–Trinajstić information content (AvgIpc) is 2.93. The van der Waals surface area contributed by atoms with Gasteiger partial charge in [0.2, 0.25) is 0 Å². The molecule has 2 N–H and O–H groups in total. The molecule has 0 saturated carbocycles. The molecule has 0 aliphatic rings. The Bertz CT molecular complexity index is 779. The van der Waals surface area contributed by atoms with Gasteiger partial charge in [-0.15, -0.1) is 0 Å². The molecule has 9 heteroatoms. The number of rotatable bonds is 5. The lowest BCUT2D eigenvalue weighted by Gasteiger charge is -2.07. The van der Waals surface area contributed by atoms with Crippen LogP contribution in [-0.4, -0.2) is 32.8 Å². The Morgan fingerprint density at radius 1 is 1.10 bits per heavy atom. The molecule has 1 aromatic heterocycles. The maximum atomic E-state index is 11.9. The summed E-state index contributed by atoms with van der Waals surface area (Å²) in [5.74, 6) is -0.00685. The molecule has 20 heavy (non-hydrogen) atoms. The Balaban J connectivity index is 2.25. The standard InChI is InChI=1S/C11H13N3O4S2/c1-2-19(15,16)10-5-3-9(4-6-10)14-20(17,18)11-7-12-13-8-11/h3-8,14H,2H2,1H3,(H,12,13). The van der Waals surface area contributed by atoms with Gasteiger partial charge < -0.3 is 0 Å². The van der Waals surface area contributed by atoms with Gasteiger partial charge in [0.25, 0.3) is 10.0 Å². The summed E-state index contributed by atoms with van der Waals surface area (Å²) in [4.78, 5) is 0.161. The summed E-state index contributed by atoms with van der Waals surface area (Å²) < 4.78 is 49.4. The quantitative estimate of drug-likeness (QED) is 0.855. The zero-order chi connectivity index (χ0) is 14.8. The number of sulfonamides is 1. The van der Waals surface area contributed by atoms with Gasteiger partial charge in [0.05, 0.1) is 16.8 Å². The van der Waals surface area contributed by atoms with E-state index in [-0.39, 0.29) is 21.2 Å². The number of hydrogen-bond donors (Lipinski definition) is 2. The third-order valence-corrected chi connectivity index (χ3v) is 5.73. The number of H-pyrrole nitrogens is 1. The van der Waals surface area contributed by atoms with Crippen molar-refractivity contribution in [1.82, 2.24) is 10.2 Å². The highest BCUT2D eigenvalue weighted by molar-refractivity contribution is 7.92. The number of nitrogens with one attached hydrogen (secondary N) is 2. The van der Waals surface area contributed by atoms with E-state index >= 15 is 0 Å². The minimum Gasteiger partial charge on any atom is -0.284 e. The van der Waals surface area contributed by atoms with Crippen LogP contribution in [0.25, 0.3) is 0 Å². The molecule has 0 atom stereocenters. The van der Waals surface area contributed by atoms with Crippen LogP contribution in [0.5, 0.6) is 0 Å². The van der Waals surface area contributed by atoms with Crippen LogP contribution in [0.15, 0.2) is 46.5 Å². The van der Waals surface area contributed by atoms with Gasteiger partial charge >= 0.3 is 0 Å². The second kappa shape index (κ2) is 5.25. The minimum absolute atomic E-state index is 0.00255. The fraction of sp³-hybridized carbons (Fsp3) is 0.182. The third kappa shape index (κ3) is 2.99. The Labute approximate surface area is 117 Å². The Morgan fingerprint density at radius 2 is 1.75 bits per heavy atom. The number of anilines is 1. The molecule has 2 rings (SSSR count). The number of hydrogen-bond acceptors (Lipinski definition) is 5. The van der Waals surface area contributed by atoms with Crippen molar-refractivity contribution in [3.63, 3.8) is 0 Å². The van der Waals surface area contributed by atoms with Crippen molar-refractivity contribution in [2.24, 2.45) is 0 Å². The van der Waals surface area contributed by atoms with Crippen molar-refractivity contribution < 1.29 is 16.8 Å². The molecular formula is C11H13N3O4S2. The minimum atomic E-state index is -3.72. The predicted molar refractivity (Wildman–Crippen MR) is 73.6 cm³/mol. The molecule has 0 fully saturated rings. The van der Waals surface area contributed by atoms with Crippen LogP contribution in [0.3, 0.4) is 0 Å². The summed E-state index contributed by atoms with van der Waals surface area (Å²) >= 11 is 0. The number of sulfone groups is 1. The molecule has 0 aliphatic heterocycles. The molecular weight excluding hydrogens is 302 g/mol. The number of aromatic amines is 1. The summed E-state index contributed by atoms with van der Waals surface area (Å²) in [7, 11) is -7.01. The summed E-state index contributed by atoms with van der Waals surface area (Å²) in [6, 6.07) is 5.54. The maximum absolute atomic E-state index is 11.9. The highest BCUT2D eigenvalue weighted by Crippen LogP contribution is 2.18. The zero-order valence-electron chi connectivity index (χ0n) is 10.6. The molecule has 108 valence electrons. The van der Waals surface area contributed by atoms with Gasteiger partial charge in [-0.25, -0.2) is 16.8 Å². The van der Waals surface area contributed by atoms with E-state index in [1.165, 1.54) is 36.7 Å². The van der Waals surface area contributed by atoms with E-state index in [2.05, 4.69) is 14.9 Å². The van der Waals surface area contributed by atoms with Crippen molar-refractivity contribution in [1.29, 1.82) is 0 Å². The van der Waals surface area contributed by atoms with Crippen molar-refractivity contribution in [3.8, 4) is 0 Å². The highest BCUT2D eigenvalue weighted by atomic mass is 32.2. The lowest BCUT2D eigenvalue weighted by Crippen LogP contribution is -2.12. The maximum Gasteiger partial charge on any atom is 0.265 e. The van der Waals surface area contributed by atoms with Gasteiger partial charge in [-0.1, -0.05) is 6.92 Å². The van der Waals surface area contributed by atoms with Crippen LogP contribution in [-0.2, 0) is 19.9 Å². The topological polar surface area (TPSA) is 109 Å². The summed E-state index contributed by atoms with van der Waals surface area (Å²) in [5, 5.41) is 5.97. The fourth-order valence-electron chi connectivity index (χ4n) is 1.50. The van der Waals surface area contributed by atoms with Crippen LogP contribution in [0, 0.1) is 0 Å². The van der Waals surface area contributed by atoms with Gasteiger partial charge in [0.15, 0.2) is 9.84 Å². The average molecular weight is 315 g/mol. The van der Waals surface area contributed by atoms with E-state index in [0.29, 0.717) is 0 Å². The van der Waals surface area contributed by atoms with Gasteiger partial charge in [-0.2, -0.15) is 5.10 Å². The van der Waals surface area contributed by atoms with Crippen molar-refractivity contribution in [2.75, 3.05) is 10.5 Å². The van der Waals surface area contributed by atoms with Crippen LogP contribution >= 0.6 is 0 Å². The molecule has 0 spiro atoms. The first kappa shape index (κ1) is 14.5. The first-order valence-electron chi connectivity index (χ1n) is 5.69. The van der Waals surface area contributed by atoms with E-state index in [4.69, 9.17) is 0 Å². The molecule has 0 aliphatic carbocycles. The molecule has 1 heterocycles. The van der Waals surface area contributed by atoms with Crippen molar-refractivity contribution >= 4 is 25.5 Å². The molecule has 1 aromatic carbocycles.